The van der Waals surface area contributed by atoms with Gasteiger partial charge < -0.3 is 0 Å². The lowest BCUT2D eigenvalue weighted by atomic mass is 10.3. The molecule has 0 unspecified atom stereocenters. The molecule has 0 N–H and O–H groups in total. The third kappa shape index (κ3) is 2.88. The van der Waals surface area contributed by atoms with Gasteiger partial charge in [0, 0.05) is 12.1 Å². The highest BCUT2D eigenvalue weighted by molar-refractivity contribution is 5.43. The minimum Gasteiger partial charge on any atom is -0.0683 e. The van der Waals surface area contributed by atoms with Crippen LogP contribution in [-0.4, -0.2) is 0 Å². The van der Waals surface area contributed by atoms with Crippen molar-refractivity contribution in [2.24, 2.45) is 0 Å². The van der Waals surface area contributed by atoms with E-state index in [0.717, 1.165) is 5.69 Å². The quantitative estimate of drug-likeness (QED) is 0.512. The summed E-state index contributed by atoms with van der Waals surface area (Å²) in [6.45, 7) is 8.97. The van der Waals surface area contributed by atoms with Crippen molar-refractivity contribution in [1.29, 1.82) is 0 Å². The number of para-hydroxylation sites is 1. The minimum absolute atomic E-state index is 0.813. The Kier molecular flexibility index (Phi) is 5.09. The van der Waals surface area contributed by atoms with Gasteiger partial charge in [0.2, 0.25) is 0 Å². The van der Waals surface area contributed by atoms with Crippen molar-refractivity contribution in [2.75, 3.05) is 0 Å². The summed E-state index contributed by atoms with van der Waals surface area (Å²) in [7, 11) is 0. The molecule has 0 spiro atoms. The SMILES string of the molecule is C#[N+]c1ccccc1.CC. The topological polar surface area (TPSA) is 4.36 Å². The smallest absolute Gasteiger partial charge is 0.0683 e. The van der Waals surface area contributed by atoms with E-state index in [1.165, 1.54) is 0 Å². The zero-order valence-corrected chi connectivity index (χ0v) is 6.41. The predicted molar refractivity (Wildman–Crippen MR) is 45.8 cm³/mol. The molecule has 0 aliphatic heterocycles. The Bertz CT molecular complexity index is 196. The summed E-state index contributed by atoms with van der Waals surface area (Å²) >= 11 is 0. The second-order valence-electron chi connectivity index (χ2n) is 1.46. The van der Waals surface area contributed by atoms with Crippen molar-refractivity contribution >= 4 is 5.69 Å². The summed E-state index contributed by atoms with van der Waals surface area (Å²) in [5.41, 5.74) is 0.813. The molecule has 0 aromatic heterocycles. The molecule has 0 radical (unpaired) electrons. The molecule has 0 atom stereocenters. The molecule has 0 aliphatic rings. The van der Waals surface area contributed by atoms with E-state index >= 15 is 0 Å². The molecule has 1 aromatic carbocycles. The highest BCUT2D eigenvalue weighted by atomic mass is 14.6. The van der Waals surface area contributed by atoms with Gasteiger partial charge in [-0.25, -0.2) is 0 Å². The van der Waals surface area contributed by atoms with E-state index in [-0.39, 0.29) is 0 Å². The lowest BCUT2D eigenvalue weighted by Gasteiger charge is -1.71. The normalized spacial score (nSPS) is 6.90. The Morgan fingerprint density at radius 3 is 1.90 bits per heavy atom. The van der Waals surface area contributed by atoms with Gasteiger partial charge in [-0.1, -0.05) is 32.0 Å². The number of nitrogens with zero attached hydrogens (tertiary/aromatic N) is 1. The standard InChI is InChI=1S/C7H6N.C2H6/c1-8-7-5-3-2-4-6-7;1-2/h1-6H;1-2H3/q+1;. The molecule has 1 nitrogen and oxygen atoms in total. The Hall–Kier alpha value is -1.29. The first-order chi connectivity index (χ1) is 4.93. The summed E-state index contributed by atoms with van der Waals surface area (Å²) in [6, 6.07) is 9.41. The molecule has 10 heavy (non-hydrogen) atoms. The van der Waals surface area contributed by atoms with Crippen molar-refractivity contribution in [3.05, 3.63) is 35.2 Å². The van der Waals surface area contributed by atoms with E-state index in [0.29, 0.717) is 0 Å². The summed E-state index contributed by atoms with van der Waals surface area (Å²) < 4.78 is 0. The predicted octanol–water partition coefficient (Wildman–Crippen LogP) is 3.31. The lowest BCUT2D eigenvalue weighted by molar-refractivity contribution is 1.50. The Labute approximate surface area is 62.1 Å². The first-order valence-electron chi connectivity index (χ1n) is 3.39. The van der Waals surface area contributed by atoms with Crippen LogP contribution in [-0.2, 0) is 0 Å². The fraction of sp³-hybridized carbons (Fsp3) is 0.222. The maximum atomic E-state index is 4.97. The van der Waals surface area contributed by atoms with Crippen LogP contribution in [0.4, 0.5) is 5.69 Å². The maximum Gasteiger partial charge on any atom is 0.339 e. The molecular formula is C9H12N+. The first kappa shape index (κ1) is 8.71. The van der Waals surface area contributed by atoms with Gasteiger partial charge in [-0.15, -0.1) is 0 Å². The zero-order valence-electron chi connectivity index (χ0n) is 6.41. The number of hydrogen-bond acceptors (Lipinski definition) is 0. The summed E-state index contributed by atoms with van der Waals surface area (Å²) in [6.07, 6.45) is 0. The molecule has 0 amide bonds. The van der Waals surface area contributed by atoms with Crippen LogP contribution in [0.1, 0.15) is 13.8 Å². The van der Waals surface area contributed by atoms with E-state index < -0.39 is 0 Å². The van der Waals surface area contributed by atoms with Gasteiger partial charge in [-0.3, -0.25) is 0 Å². The number of rotatable bonds is 0. The van der Waals surface area contributed by atoms with Crippen LogP contribution in [0.5, 0.6) is 0 Å². The van der Waals surface area contributed by atoms with E-state index in [1.807, 2.05) is 44.2 Å². The monoisotopic (exact) mass is 134 g/mol. The van der Waals surface area contributed by atoms with Crippen molar-refractivity contribution in [3.63, 3.8) is 0 Å². The molecule has 0 bridgehead atoms. The maximum absolute atomic E-state index is 4.97. The van der Waals surface area contributed by atoms with Gasteiger partial charge in [0.1, 0.15) is 0 Å². The van der Waals surface area contributed by atoms with Crippen molar-refractivity contribution in [3.8, 4) is 6.57 Å². The fourth-order valence-electron chi connectivity index (χ4n) is 0.514. The van der Waals surface area contributed by atoms with Gasteiger partial charge in [0.25, 0.3) is 6.57 Å². The van der Waals surface area contributed by atoms with Gasteiger partial charge in [-0.2, -0.15) is 0 Å². The second kappa shape index (κ2) is 5.84. The molecule has 0 aliphatic carbocycles. The van der Waals surface area contributed by atoms with Crippen LogP contribution >= 0.6 is 0 Å². The van der Waals surface area contributed by atoms with Crippen molar-refractivity contribution < 1.29 is 0 Å². The van der Waals surface area contributed by atoms with Gasteiger partial charge >= 0.3 is 5.69 Å². The molecular weight excluding hydrogens is 122 g/mol. The first-order valence-corrected chi connectivity index (χ1v) is 3.39. The average molecular weight is 134 g/mol. The Morgan fingerprint density at radius 1 is 1.10 bits per heavy atom. The van der Waals surface area contributed by atoms with Crippen LogP contribution in [0.15, 0.2) is 30.3 Å². The van der Waals surface area contributed by atoms with Crippen LogP contribution in [0.3, 0.4) is 0 Å². The van der Waals surface area contributed by atoms with Crippen molar-refractivity contribution in [1.82, 2.24) is 0 Å². The summed E-state index contributed by atoms with van der Waals surface area (Å²) in [4.78, 5) is 3.47. The Balaban J connectivity index is 0.000000371. The lowest BCUT2D eigenvalue weighted by Crippen LogP contribution is -1.54. The van der Waals surface area contributed by atoms with Gasteiger partial charge in [0.15, 0.2) is 0 Å². The van der Waals surface area contributed by atoms with E-state index in [1.54, 1.807) is 0 Å². The molecule has 52 valence electrons. The van der Waals surface area contributed by atoms with Crippen molar-refractivity contribution in [2.45, 2.75) is 13.8 Å². The largest absolute Gasteiger partial charge is 0.339 e. The van der Waals surface area contributed by atoms with Crippen LogP contribution in [0, 0.1) is 6.57 Å². The average Bonchev–Trinajstić information content (AvgIpc) is 2.10. The molecule has 0 saturated carbocycles. The second-order valence-corrected chi connectivity index (χ2v) is 1.46. The summed E-state index contributed by atoms with van der Waals surface area (Å²) in [5, 5.41) is 0. The molecule has 0 saturated heterocycles. The third-order valence-corrected chi connectivity index (χ3v) is 0.905. The molecule has 0 fully saturated rings. The van der Waals surface area contributed by atoms with Gasteiger partial charge in [0.05, 0.1) is 0 Å². The van der Waals surface area contributed by atoms with E-state index in [4.69, 9.17) is 6.57 Å². The molecule has 0 heterocycles. The summed E-state index contributed by atoms with van der Waals surface area (Å²) in [5.74, 6) is 0. The van der Waals surface area contributed by atoms with Crippen LogP contribution in [0.2, 0.25) is 0 Å². The van der Waals surface area contributed by atoms with Crippen LogP contribution < -0.4 is 0 Å². The minimum atomic E-state index is 0.813. The highest BCUT2D eigenvalue weighted by Gasteiger charge is 1.91. The van der Waals surface area contributed by atoms with Gasteiger partial charge in [-0.05, 0) is 4.85 Å². The fourth-order valence-corrected chi connectivity index (χ4v) is 0.514. The zero-order chi connectivity index (χ0) is 7.82. The third-order valence-electron chi connectivity index (χ3n) is 0.905. The van der Waals surface area contributed by atoms with Crippen LogP contribution in [0.25, 0.3) is 4.85 Å². The molecule has 1 aromatic rings. The Morgan fingerprint density at radius 2 is 1.60 bits per heavy atom. The van der Waals surface area contributed by atoms with E-state index in [9.17, 15) is 0 Å². The molecule has 1 heteroatoms. The molecule has 1 rings (SSSR count). The van der Waals surface area contributed by atoms with E-state index in [2.05, 4.69) is 4.85 Å². The number of benzene rings is 1. The highest BCUT2D eigenvalue weighted by Crippen LogP contribution is 2.07. The number of hydrogen-bond donors (Lipinski definition) is 0.